The fourth-order valence-electron chi connectivity index (χ4n) is 3.55. The number of nitrogens with zero attached hydrogens (tertiary/aromatic N) is 2. The molecule has 3 rings (SSSR count). The third-order valence-electron chi connectivity index (χ3n) is 4.96. The highest BCUT2D eigenvalue weighted by atomic mass is 32.1. The summed E-state index contributed by atoms with van der Waals surface area (Å²) in [5.41, 5.74) is 0.940. The number of aromatic nitrogens is 3. The summed E-state index contributed by atoms with van der Waals surface area (Å²) in [6, 6.07) is 8.07. The summed E-state index contributed by atoms with van der Waals surface area (Å²) < 4.78 is 7.90. The second-order valence-electron chi connectivity index (χ2n) is 6.97. The van der Waals surface area contributed by atoms with Crippen molar-refractivity contribution < 1.29 is 9.53 Å². The summed E-state index contributed by atoms with van der Waals surface area (Å²) in [5.74, 6) is 1.65. The molecule has 1 aromatic heterocycles. The highest BCUT2D eigenvalue weighted by Gasteiger charge is 2.16. The number of rotatable bonds is 7. The van der Waals surface area contributed by atoms with Crippen LogP contribution in [-0.4, -0.2) is 33.3 Å². The van der Waals surface area contributed by atoms with Gasteiger partial charge in [0.1, 0.15) is 5.75 Å². The van der Waals surface area contributed by atoms with Crippen LogP contribution in [0.1, 0.15) is 51.9 Å². The number of ether oxygens (including phenoxy) is 1. The molecular formula is C20H28N4O2S. The molecule has 0 spiro atoms. The third-order valence-corrected chi connectivity index (χ3v) is 5.28. The van der Waals surface area contributed by atoms with Gasteiger partial charge in [-0.15, -0.1) is 0 Å². The van der Waals surface area contributed by atoms with Crippen LogP contribution in [0.2, 0.25) is 0 Å². The molecule has 0 bridgehead atoms. The molecule has 146 valence electrons. The summed E-state index contributed by atoms with van der Waals surface area (Å²) >= 11 is 5.36. The second kappa shape index (κ2) is 9.69. The van der Waals surface area contributed by atoms with Crippen molar-refractivity contribution in [1.82, 2.24) is 20.1 Å². The molecule has 27 heavy (non-hydrogen) atoms. The van der Waals surface area contributed by atoms with Gasteiger partial charge in [0, 0.05) is 24.6 Å². The van der Waals surface area contributed by atoms with Crippen LogP contribution in [0.15, 0.2) is 24.3 Å². The van der Waals surface area contributed by atoms with Gasteiger partial charge < -0.3 is 10.1 Å². The SMILES string of the molecule is CCOc1ccc(-c2n[nH]c(=S)n2CCC(=O)NC2CCCCCC2)cc1. The van der Waals surface area contributed by atoms with Crippen LogP contribution in [0.5, 0.6) is 5.75 Å². The number of H-pyrrole nitrogens is 1. The maximum atomic E-state index is 12.4. The summed E-state index contributed by atoms with van der Waals surface area (Å²) in [6.45, 7) is 3.10. The van der Waals surface area contributed by atoms with E-state index in [1.807, 2.05) is 35.8 Å². The minimum Gasteiger partial charge on any atom is -0.494 e. The summed E-state index contributed by atoms with van der Waals surface area (Å²) in [6.07, 6.45) is 7.56. The molecule has 1 saturated carbocycles. The molecule has 7 heteroatoms. The Morgan fingerprint density at radius 1 is 1.26 bits per heavy atom. The number of carbonyl (C=O) groups excluding carboxylic acids is 1. The predicted molar refractivity (Wildman–Crippen MR) is 108 cm³/mol. The monoisotopic (exact) mass is 388 g/mol. The maximum Gasteiger partial charge on any atom is 0.222 e. The van der Waals surface area contributed by atoms with Crippen molar-refractivity contribution in [2.24, 2.45) is 0 Å². The van der Waals surface area contributed by atoms with Crippen LogP contribution in [-0.2, 0) is 11.3 Å². The van der Waals surface area contributed by atoms with E-state index in [9.17, 15) is 4.79 Å². The Bertz CT molecular complexity index is 789. The number of hydrogen-bond donors (Lipinski definition) is 2. The number of carbonyl (C=O) groups is 1. The lowest BCUT2D eigenvalue weighted by atomic mass is 10.1. The first-order valence-corrected chi connectivity index (χ1v) is 10.3. The van der Waals surface area contributed by atoms with Crippen LogP contribution in [0.4, 0.5) is 0 Å². The molecule has 1 heterocycles. The van der Waals surface area contributed by atoms with E-state index in [2.05, 4.69) is 15.5 Å². The highest BCUT2D eigenvalue weighted by Crippen LogP contribution is 2.21. The largest absolute Gasteiger partial charge is 0.494 e. The number of benzene rings is 1. The molecule has 0 atom stereocenters. The smallest absolute Gasteiger partial charge is 0.222 e. The molecule has 1 aliphatic rings. The van der Waals surface area contributed by atoms with Crippen LogP contribution >= 0.6 is 12.2 Å². The number of hydrogen-bond acceptors (Lipinski definition) is 4. The molecular weight excluding hydrogens is 360 g/mol. The van der Waals surface area contributed by atoms with Crippen molar-refractivity contribution in [2.75, 3.05) is 6.61 Å². The fraction of sp³-hybridized carbons (Fsp3) is 0.550. The van der Waals surface area contributed by atoms with E-state index in [4.69, 9.17) is 17.0 Å². The lowest BCUT2D eigenvalue weighted by molar-refractivity contribution is -0.122. The molecule has 2 aromatic rings. The molecule has 1 aliphatic carbocycles. The molecule has 1 fully saturated rings. The van der Waals surface area contributed by atoms with Gasteiger partial charge >= 0.3 is 0 Å². The van der Waals surface area contributed by atoms with Crippen molar-refractivity contribution in [1.29, 1.82) is 0 Å². The van der Waals surface area contributed by atoms with Gasteiger partial charge in [-0.3, -0.25) is 14.5 Å². The van der Waals surface area contributed by atoms with E-state index >= 15 is 0 Å². The first-order valence-electron chi connectivity index (χ1n) is 9.85. The number of nitrogens with one attached hydrogen (secondary N) is 2. The first-order chi connectivity index (χ1) is 13.2. The fourth-order valence-corrected chi connectivity index (χ4v) is 3.77. The Hall–Kier alpha value is -2.15. The van der Waals surface area contributed by atoms with Gasteiger partial charge in [0.2, 0.25) is 5.91 Å². The van der Waals surface area contributed by atoms with Gasteiger partial charge in [-0.25, -0.2) is 0 Å². The quantitative estimate of drug-likeness (QED) is 0.550. The van der Waals surface area contributed by atoms with Crippen LogP contribution < -0.4 is 10.1 Å². The average Bonchev–Trinajstić information content (AvgIpc) is 2.86. The van der Waals surface area contributed by atoms with E-state index in [0.717, 1.165) is 30.0 Å². The van der Waals surface area contributed by atoms with Gasteiger partial charge in [-0.2, -0.15) is 5.10 Å². The first kappa shape index (κ1) is 19.6. The Kier molecular flexibility index (Phi) is 7.04. The lowest BCUT2D eigenvalue weighted by Crippen LogP contribution is -2.34. The van der Waals surface area contributed by atoms with E-state index in [1.54, 1.807) is 0 Å². The van der Waals surface area contributed by atoms with Gasteiger partial charge in [0.15, 0.2) is 10.6 Å². The Labute approximate surface area is 165 Å². The summed E-state index contributed by atoms with van der Waals surface area (Å²) in [7, 11) is 0. The van der Waals surface area contributed by atoms with E-state index in [0.29, 0.717) is 30.4 Å². The Morgan fingerprint density at radius 3 is 2.63 bits per heavy atom. The molecule has 1 amide bonds. The zero-order chi connectivity index (χ0) is 19.1. The zero-order valence-corrected chi connectivity index (χ0v) is 16.7. The van der Waals surface area contributed by atoms with Gasteiger partial charge in [0.05, 0.1) is 6.61 Å². The molecule has 1 aromatic carbocycles. The maximum absolute atomic E-state index is 12.4. The molecule has 2 N–H and O–H groups in total. The van der Waals surface area contributed by atoms with E-state index < -0.39 is 0 Å². The van der Waals surface area contributed by atoms with Crippen molar-refractivity contribution >= 4 is 18.1 Å². The van der Waals surface area contributed by atoms with Crippen LogP contribution in [0.3, 0.4) is 0 Å². The Morgan fingerprint density at radius 2 is 1.96 bits per heavy atom. The van der Waals surface area contributed by atoms with E-state index in [1.165, 1.54) is 25.7 Å². The van der Waals surface area contributed by atoms with Crippen molar-refractivity contribution in [3.05, 3.63) is 29.0 Å². The average molecular weight is 389 g/mol. The van der Waals surface area contributed by atoms with Crippen molar-refractivity contribution in [3.63, 3.8) is 0 Å². The number of amides is 1. The minimum absolute atomic E-state index is 0.0858. The standard InChI is InChI=1S/C20H28N4O2S/c1-2-26-17-11-9-15(10-12-17)19-22-23-20(27)24(19)14-13-18(25)21-16-7-5-3-4-6-8-16/h9-12,16H,2-8,13-14H2,1H3,(H,21,25)(H,23,27). The van der Waals surface area contributed by atoms with Gasteiger partial charge in [0.25, 0.3) is 0 Å². The normalized spacial score (nSPS) is 15.3. The summed E-state index contributed by atoms with van der Waals surface area (Å²) in [4.78, 5) is 12.4. The molecule has 6 nitrogen and oxygen atoms in total. The second-order valence-corrected chi connectivity index (χ2v) is 7.35. The summed E-state index contributed by atoms with van der Waals surface area (Å²) in [5, 5.41) is 10.4. The van der Waals surface area contributed by atoms with Crippen LogP contribution in [0, 0.1) is 4.77 Å². The molecule has 0 aliphatic heterocycles. The lowest BCUT2D eigenvalue weighted by Gasteiger charge is -2.16. The molecule has 0 radical (unpaired) electrons. The van der Waals surface area contributed by atoms with Gasteiger partial charge in [-0.1, -0.05) is 25.7 Å². The predicted octanol–water partition coefficient (Wildman–Crippen LogP) is 4.24. The van der Waals surface area contributed by atoms with Crippen LogP contribution in [0.25, 0.3) is 11.4 Å². The van der Waals surface area contributed by atoms with E-state index in [-0.39, 0.29) is 5.91 Å². The molecule has 0 saturated heterocycles. The number of aromatic amines is 1. The van der Waals surface area contributed by atoms with Gasteiger partial charge in [-0.05, 0) is 56.2 Å². The third kappa shape index (κ3) is 5.42. The minimum atomic E-state index is 0.0858. The van der Waals surface area contributed by atoms with Crippen molar-refractivity contribution in [2.45, 2.75) is 64.5 Å². The topological polar surface area (TPSA) is 71.9 Å². The highest BCUT2D eigenvalue weighted by molar-refractivity contribution is 7.71. The molecule has 0 unspecified atom stereocenters. The van der Waals surface area contributed by atoms with Crippen molar-refractivity contribution in [3.8, 4) is 17.1 Å². The Balaban J connectivity index is 1.62. The zero-order valence-electron chi connectivity index (χ0n) is 15.9.